The number of ether oxygens (including phenoxy) is 1. The van der Waals surface area contributed by atoms with Crippen molar-refractivity contribution in [3.8, 4) is 5.75 Å². The van der Waals surface area contributed by atoms with Crippen molar-refractivity contribution in [3.05, 3.63) is 52.5 Å². The van der Waals surface area contributed by atoms with Gasteiger partial charge in [0.05, 0.1) is 22.4 Å². The molecule has 0 radical (unpaired) electrons. The van der Waals surface area contributed by atoms with Crippen LogP contribution in [0.1, 0.15) is 43.6 Å². The molecule has 0 fully saturated rings. The van der Waals surface area contributed by atoms with Crippen LogP contribution >= 0.6 is 11.6 Å². The standard InChI is InChI=1S/C22H25ClN2O7S/c1-12-10-15(7-9-18(12)32-21(29)22(3,4)5)25(33(30)31)17-8-6-14(23)11-16(17)19(26)24-13(2)20(27)28/h6-11,13H,1-5H3,(H,24,26)(H,27,28)(H,30,31)/t13-/m0/s1. The summed E-state index contributed by atoms with van der Waals surface area (Å²) >= 11 is 3.41. The Morgan fingerprint density at radius 1 is 1.15 bits per heavy atom. The highest BCUT2D eigenvalue weighted by atomic mass is 35.5. The van der Waals surface area contributed by atoms with Crippen molar-refractivity contribution >= 4 is 52.1 Å². The van der Waals surface area contributed by atoms with Gasteiger partial charge in [-0.1, -0.05) is 11.6 Å². The maximum Gasteiger partial charge on any atom is 0.325 e. The molecule has 0 aliphatic carbocycles. The minimum atomic E-state index is -2.61. The number of carbonyl (C=O) groups is 3. The van der Waals surface area contributed by atoms with Crippen molar-refractivity contribution in [1.82, 2.24) is 5.32 Å². The van der Waals surface area contributed by atoms with Gasteiger partial charge in [0.15, 0.2) is 0 Å². The van der Waals surface area contributed by atoms with Gasteiger partial charge >= 0.3 is 11.9 Å². The van der Waals surface area contributed by atoms with Gasteiger partial charge in [-0.05, 0) is 76.6 Å². The fourth-order valence-electron chi connectivity index (χ4n) is 2.64. The molecule has 178 valence electrons. The number of nitrogens with zero attached hydrogens (tertiary/aromatic N) is 1. The van der Waals surface area contributed by atoms with Crippen LogP contribution < -0.4 is 14.4 Å². The van der Waals surface area contributed by atoms with Gasteiger partial charge in [0.2, 0.25) is 0 Å². The highest BCUT2D eigenvalue weighted by Crippen LogP contribution is 2.34. The van der Waals surface area contributed by atoms with Crippen LogP contribution in [-0.2, 0) is 20.9 Å². The fraction of sp³-hybridized carbons (Fsp3) is 0.318. The molecule has 0 aliphatic heterocycles. The van der Waals surface area contributed by atoms with Crippen LogP contribution in [0.2, 0.25) is 5.02 Å². The second-order valence-electron chi connectivity index (χ2n) is 8.31. The lowest BCUT2D eigenvalue weighted by Crippen LogP contribution is -2.39. The monoisotopic (exact) mass is 496 g/mol. The van der Waals surface area contributed by atoms with E-state index in [1.807, 2.05) is 0 Å². The molecular weight excluding hydrogens is 472 g/mol. The molecule has 2 rings (SSSR count). The Kier molecular flexibility index (Phi) is 8.23. The van der Waals surface area contributed by atoms with E-state index in [0.717, 1.165) is 4.31 Å². The van der Waals surface area contributed by atoms with Crippen molar-refractivity contribution in [3.63, 3.8) is 0 Å². The number of aliphatic carboxylic acids is 1. The van der Waals surface area contributed by atoms with Crippen LogP contribution in [0, 0.1) is 12.3 Å². The van der Waals surface area contributed by atoms with Crippen molar-refractivity contribution in [1.29, 1.82) is 0 Å². The predicted octanol–water partition coefficient (Wildman–Crippen LogP) is 4.08. The fourth-order valence-corrected chi connectivity index (χ4v) is 3.44. The molecule has 2 atom stereocenters. The first-order valence-corrected chi connectivity index (χ1v) is 11.2. The van der Waals surface area contributed by atoms with E-state index in [1.165, 1.54) is 43.3 Å². The van der Waals surface area contributed by atoms with Crippen molar-refractivity contribution in [2.45, 2.75) is 40.7 Å². The molecule has 3 N–H and O–H groups in total. The van der Waals surface area contributed by atoms with Crippen LogP contribution in [0.15, 0.2) is 36.4 Å². The molecule has 0 aromatic heterocycles. The maximum absolute atomic E-state index is 12.7. The molecule has 33 heavy (non-hydrogen) atoms. The van der Waals surface area contributed by atoms with Gasteiger partial charge in [-0.2, -0.15) is 0 Å². The SMILES string of the molecule is Cc1cc(N(c2ccc(Cl)cc2C(=O)N[C@@H](C)C(=O)O)S(=O)O)ccc1OC(=O)C(C)(C)C. The molecule has 0 saturated heterocycles. The number of esters is 1. The first-order chi connectivity index (χ1) is 15.2. The largest absolute Gasteiger partial charge is 0.480 e. The summed E-state index contributed by atoms with van der Waals surface area (Å²) in [5, 5.41) is 11.6. The van der Waals surface area contributed by atoms with E-state index in [-0.39, 0.29) is 27.7 Å². The summed E-state index contributed by atoms with van der Waals surface area (Å²) in [6.07, 6.45) is 0. The number of amides is 1. The first kappa shape index (κ1) is 26.3. The van der Waals surface area contributed by atoms with Crippen molar-refractivity contribution < 1.29 is 33.0 Å². The molecule has 0 aliphatic rings. The Labute approximate surface area is 199 Å². The minimum absolute atomic E-state index is 0.0224. The van der Waals surface area contributed by atoms with Gasteiger partial charge in [0.1, 0.15) is 11.8 Å². The quantitative estimate of drug-likeness (QED) is 0.299. The molecule has 2 aromatic rings. The summed E-state index contributed by atoms with van der Waals surface area (Å²) in [4.78, 5) is 36.0. The number of nitrogens with one attached hydrogen (secondary N) is 1. The predicted molar refractivity (Wildman–Crippen MR) is 125 cm³/mol. The third-order valence-electron chi connectivity index (χ3n) is 4.50. The van der Waals surface area contributed by atoms with Crippen LogP contribution in [0.3, 0.4) is 0 Å². The van der Waals surface area contributed by atoms with Crippen LogP contribution in [0.4, 0.5) is 11.4 Å². The molecule has 0 bridgehead atoms. The van der Waals surface area contributed by atoms with Crippen molar-refractivity contribution in [2.24, 2.45) is 5.41 Å². The average molecular weight is 497 g/mol. The number of halogens is 1. The van der Waals surface area contributed by atoms with E-state index in [4.69, 9.17) is 21.4 Å². The molecule has 0 saturated carbocycles. The Morgan fingerprint density at radius 2 is 1.79 bits per heavy atom. The highest BCUT2D eigenvalue weighted by Gasteiger charge is 2.27. The number of carboxylic acids is 1. The Bertz CT molecular complexity index is 1110. The topological polar surface area (TPSA) is 133 Å². The lowest BCUT2D eigenvalue weighted by Gasteiger charge is -2.24. The van der Waals surface area contributed by atoms with Crippen LogP contribution in [-0.4, -0.2) is 37.8 Å². The zero-order chi connectivity index (χ0) is 25.1. The summed E-state index contributed by atoms with van der Waals surface area (Å²) < 4.78 is 28.7. The zero-order valence-corrected chi connectivity index (χ0v) is 20.3. The van der Waals surface area contributed by atoms with Crippen LogP contribution in [0.25, 0.3) is 0 Å². The second kappa shape index (κ2) is 10.3. The Morgan fingerprint density at radius 3 is 2.30 bits per heavy atom. The number of benzene rings is 2. The van der Waals surface area contributed by atoms with Crippen LogP contribution in [0.5, 0.6) is 5.75 Å². The van der Waals surface area contributed by atoms with Crippen molar-refractivity contribution in [2.75, 3.05) is 4.31 Å². The first-order valence-electron chi connectivity index (χ1n) is 9.79. The van der Waals surface area contributed by atoms with Gasteiger partial charge < -0.3 is 15.2 Å². The summed E-state index contributed by atoms with van der Waals surface area (Å²) in [6.45, 7) is 8.10. The second-order valence-corrected chi connectivity index (χ2v) is 9.57. The zero-order valence-electron chi connectivity index (χ0n) is 18.7. The normalized spacial score (nSPS) is 13.1. The summed E-state index contributed by atoms with van der Waals surface area (Å²) in [5.74, 6) is -2.19. The summed E-state index contributed by atoms with van der Waals surface area (Å²) in [7, 11) is 0. The number of rotatable bonds is 7. The van der Waals surface area contributed by atoms with E-state index in [0.29, 0.717) is 5.56 Å². The molecule has 0 heterocycles. The van der Waals surface area contributed by atoms with Gasteiger partial charge in [-0.3, -0.25) is 18.9 Å². The Hall–Kier alpha value is -2.95. The number of anilines is 2. The number of hydrogen-bond acceptors (Lipinski definition) is 5. The smallest absolute Gasteiger partial charge is 0.325 e. The van der Waals surface area contributed by atoms with E-state index in [2.05, 4.69) is 5.32 Å². The van der Waals surface area contributed by atoms with E-state index in [1.54, 1.807) is 27.7 Å². The van der Waals surface area contributed by atoms with E-state index < -0.39 is 40.6 Å². The lowest BCUT2D eigenvalue weighted by atomic mass is 9.97. The molecule has 0 spiro atoms. The minimum Gasteiger partial charge on any atom is -0.480 e. The molecule has 11 heteroatoms. The lowest BCUT2D eigenvalue weighted by molar-refractivity contribution is -0.143. The highest BCUT2D eigenvalue weighted by molar-refractivity contribution is 7.81. The molecular formula is C22H25ClN2O7S. The summed E-state index contributed by atoms with van der Waals surface area (Å²) in [5.41, 5.74) is -0.0535. The Balaban J connectivity index is 2.50. The molecule has 2 aromatic carbocycles. The third-order valence-corrected chi connectivity index (χ3v) is 5.46. The number of carbonyl (C=O) groups excluding carboxylic acids is 2. The number of hydrogen-bond donors (Lipinski definition) is 3. The summed E-state index contributed by atoms with van der Waals surface area (Å²) in [6, 6.07) is 7.35. The van der Waals surface area contributed by atoms with Gasteiger partial charge in [-0.15, -0.1) is 0 Å². The molecule has 9 nitrogen and oxygen atoms in total. The molecule has 1 amide bonds. The third kappa shape index (κ3) is 6.53. The van der Waals surface area contributed by atoms with E-state index >= 15 is 0 Å². The van der Waals surface area contributed by atoms with Gasteiger partial charge in [0, 0.05) is 5.02 Å². The number of carboxylic acid groups (broad SMARTS) is 1. The van der Waals surface area contributed by atoms with E-state index in [9.17, 15) is 23.1 Å². The molecule has 1 unspecified atom stereocenters. The van der Waals surface area contributed by atoms with Gasteiger partial charge in [0.25, 0.3) is 17.2 Å². The maximum atomic E-state index is 12.7. The van der Waals surface area contributed by atoms with Gasteiger partial charge in [-0.25, -0.2) is 8.51 Å². The number of aryl methyl sites for hydroxylation is 1. The average Bonchev–Trinajstić information content (AvgIpc) is 2.69.